The number of nitrogens with two attached hydrogens (primary N) is 1. The lowest BCUT2D eigenvalue weighted by molar-refractivity contribution is -0.119. The van der Waals surface area contributed by atoms with E-state index in [1.165, 1.54) is 16.4 Å². The largest absolute Gasteiger partial charge is 0.370 e. The maximum Gasteiger partial charge on any atom is 0.251 e. The van der Waals surface area contributed by atoms with Gasteiger partial charge in [0.2, 0.25) is 15.9 Å². The molecule has 1 saturated heterocycles. The Kier molecular flexibility index (Phi) is 5.62. The van der Waals surface area contributed by atoms with Crippen LogP contribution in [0.4, 0.5) is 0 Å². The molecule has 3 N–H and O–H groups in total. The number of carbonyl (C=O) groups is 2. The summed E-state index contributed by atoms with van der Waals surface area (Å²) in [5.74, 6) is -0.759. The first-order valence-corrected chi connectivity index (χ1v) is 10.5. The second-order valence-electron chi connectivity index (χ2n) is 7.06. The minimum Gasteiger partial charge on any atom is -0.370 e. The molecule has 1 aromatic carbocycles. The number of benzene rings is 1. The molecule has 0 unspecified atom stereocenters. The van der Waals surface area contributed by atoms with E-state index in [0.29, 0.717) is 18.5 Å². The van der Waals surface area contributed by atoms with Crippen molar-refractivity contribution in [2.24, 2.45) is 5.73 Å². The first kappa shape index (κ1) is 18.8. The first-order valence-electron chi connectivity index (χ1n) is 9.09. The predicted molar refractivity (Wildman–Crippen MR) is 96.9 cm³/mol. The van der Waals surface area contributed by atoms with Crippen LogP contribution in [0.1, 0.15) is 55.3 Å². The third-order valence-electron chi connectivity index (χ3n) is 5.15. The smallest absolute Gasteiger partial charge is 0.251 e. The van der Waals surface area contributed by atoms with Gasteiger partial charge in [0.15, 0.2) is 0 Å². The summed E-state index contributed by atoms with van der Waals surface area (Å²) in [6, 6.07) is 5.87. The standard InChI is InChI=1S/C18H25N3O4S/c19-17(22)12-15-8-1-2-10-21(15)26(24,25)16-9-3-5-13(11-16)18(23)20-14-6-4-7-14/h3,5,9,11,14-15H,1-2,4,6-8,10,12H2,(H2,19,22)(H,20,23)/t15-/m1/s1. The fourth-order valence-corrected chi connectivity index (χ4v) is 5.22. The molecular formula is C18H25N3O4S. The maximum absolute atomic E-state index is 13.1. The molecule has 1 saturated carbocycles. The molecule has 0 spiro atoms. The van der Waals surface area contributed by atoms with Crippen LogP contribution in [0.5, 0.6) is 0 Å². The zero-order chi connectivity index (χ0) is 18.7. The second-order valence-corrected chi connectivity index (χ2v) is 8.96. The van der Waals surface area contributed by atoms with E-state index in [2.05, 4.69) is 5.32 Å². The van der Waals surface area contributed by atoms with Crippen molar-refractivity contribution in [2.75, 3.05) is 6.54 Å². The number of carbonyl (C=O) groups excluding carboxylic acids is 2. The molecule has 8 heteroatoms. The number of hydrogen-bond donors (Lipinski definition) is 2. The zero-order valence-corrected chi connectivity index (χ0v) is 15.5. The van der Waals surface area contributed by atoms with Crippen molar-refractivity contribution in [3.05, 3.63) is 29.8 Å². The molecule has 1 aromatic rings. The Morgan fingerprint density at radius 2 is 1.92 bits per heavy atom. The Bertz CT molecular complexity index is 789. The molecule has 1 atom stereocenters. The SMILES string of the molecule is NC(=O)C[C@H]1CCCCN1S(=O)(=O)c1cccc(C(=O)NC2CCC2)c1. The summed E-state index contributed by atoms with van der Waals surface area (Å²) in [6.07, 6.45) is 5.28. The van der Waals surface area contributed by atoms with Gasteiger partial charge in [0.1, 0.15) is 0 Å². The van der Waals surface area contributed by atoms with Gasteiger partial charge in [-0.3, -0.25) is 9.59 Å². The maximum atomic E-state index is 13.1. The van der Waals surface area contributed by atoms with Crippen molar-refractivity contribution >= 4 is 21.8 Å². The Morgan fingerprint density at radius 3 is 2.58 bits per heavy atom. The van der Waals surface area contributed by atoms with Gasteiger partial charge in [-0.05, 0) is 50.3 Å². The topological polar surface area (TPSA) is 110 Å². The molecule has 1 aliphatic heterocycles. The van der Waals surface area contributed by atoms with Gasteiger partial charge in [0.25, 0.3) is 5.91 Å². The lowest BCUT2D eigenvalue weighted by Crippen LogP contribution is -2.45. The van der Waals surface area contributed by atoms with E-state index in [1.54, 1.807) is 12.1 Å². The fraction of sp³-hybridized carbons (Fsp3) is 0.556. The molecule has 2 aliphatic rings. The molecule has 2 fully saturated rings. The van der Waals surface area contributed by atoms with E-state index in [9.17, 15) is 18.0 Å². The Morgan fingerprint density at radius 1 is 1.15 bits per heavy atom. The summed E-state index contributed by atoms with van der Waals surface area (Å²) in [5, 5.41) is 2.92. The van der Waals surface area contributed by atoms with Crippen molar-refractivity contribution in [3.63, 3.8) is 0 Å². The van der Waals surface area contributed by atoms with Crippen LogP contribution in [0.2, 0.25) is 0 Å². The molecule has 1 aliphatic carbocycles. The number of primary amides is 1. The van der Waals surface area contributed by atoms with Crippen LogP contribution in [0.3, 0.4) is 0 Å². The van der Waals surface area contributed by atoms with Gasteiger partial charge < -0.3 is 11.1 Å². The van der Waals surface area contributed by atoms with Crippen LogP contribution in [0.25, 0.3) is 0 Å². The fourth-order valence-electron chi connectivity index (χ4n) is 3.48. The van der Waals surface area contributed by atoms with E-state index in [0.717, 1.165) is 32.1 Å². The van der Waals surface area contributed by atoms with Crippen LogP contribution in [0, 0.1) is 0 Å². The Hall–Kier alpha value is -1.93. The molecule has 2 amide bonds. The second kappa shape index (κ2) is 7.75. The summed E-state index contributed by atoms with van der Waals surface area (Å²) in [5.41, 5.74) is 5.62. The molecule has 0 aromatic heterocycles. The number of amides is 2. The van der Waals surface area contributed by atoms with Crippen molar-refractivity contribution < 1.29 is 18.0 Å². The highest BCUT2D eigenvalue weighted by Crippen LogP contribution is 2.27. The van der Waals surface area contributed by atoms with Crippen LogP contribution in [-0.4, -0.2) is 43.2 Å². The molecular weight excluding hydrogens is 354 g/mol. The molecule has 142 valence electrons. The minimum absolute atomic E-state index is 0.0150. The average Bonchev–Trinajstić information content (AvgIpc) is 2.58. The van der Waals surface area contributed by atoms with Gasteiger partial charge in [-0.2, -0.15) is 4.31 Å². The van der Waals surface area contributed by atoms with Crippen LogP contribution < -0.4 is 11.1 Å². The van der Waals surface area contributed by atoms with Gasteiger partial charge in [-0.1, -0.05) is 12.5 Å². The quantitative estimate of drug-likeness (QED) is 0.778. The van der Waals surface area contributed by atoms with Crippen molar-refractivity contribution in [2.45, 2.75) is 61.9 Å². The lowest BCUT2D eigenvalue weighted by Gasteiger charge is -2.34. The molecule has 0 radical (unpaired) electrons. The van der Waals surface area contributed by atoms with Gasteiger partial charge in [0.05, 0.1) is 4.90 Å². The Labute approximate surface area is 154 Å². The van der Waals surface area contributed by atoms with Crippen LogP contribution in [0.15, 0.2) is 29.2 Å². The molecule has 7 nitrogen and oxygen atoms in total. The number of rotatable bonds is 6. The van der Waals surface area contributed by atoms with E-state index in [4.69, 9.17) is 5.73 Å². The number of nitrogens with zero attached hydrogens (tertiary/aromatic N) is 1. The highest BCUT2D eigenvalue weighted by molar-refractivity contribution is 7.89. The number of nitrogens with one attached hydrogen (secondary N) is 1. The summed E-state index contributed by atoms with van der Waals surface area (Å²) >= 11 is 0. The highest BCUT2D eigenvalue weighted by Gasteiger charge is 2.34. The summed E-state index contributed by atoms with van der Waals surface area (Å²) in [7, 11) is -3.79. The zero-order valence-electron chi connectivity index (χ0n) is 14.7. The molecule has 26 heavy (non-hydrogen) atoms. The van der Waals surface area contributed by atoms with Gasteiger partial charge in [-0.15, -0.1) is 0 Å². The molecule has 3 rings (SSSR count). The number of hydrogen-bond acceptors (Lipinski definition) is 4. The highest BCUT2D eigenvalue weighted by atomic mass is 32.2. The van der Waals surface area contributed by atoms with Crippen molar-refractivity contribution in [1.82, 2.24) is 9.62 Å². The monoisotopic (exact) mass is 379 g/mol. The van der Waals surface area contributed by atoms with Crippen LogP contribution >= 0.6 is 0 Å². The van der Waals surface area contributed by atoms with Crippen molar-refractivity contribution in [1.29, 1.82) is 0 Å². The molecule has 0 bridgehead atoms. The van der Waals surface area contributed by atoms with Gasteiger partial charge in [-0.25, -0.2) is 8.42 Å². The van der Waals surface area contributed by atoms with Crippen molar-refractivity contribution in [3.8, 4) is 0 Å². The third-order valence-corrected chi connectivity index (χ3v) is 7.10. The lowest BCUT2D eigenvalue weighted by atomic mass is 9.93. The number of piperidine rings is 1. The minimum atomic E-state index is -3.79. The number of sulfonamides is 1. The predicted octanol–water partition coefficient (Wildman–Crippen LogP) is 1.39. The summed E-state index contributed by atoms with van der Waals surface area (Å²) in [4.78, 5) is 23.7. The van der Waals surface area contributed by atoms with E-state index >= 15 is 0 Å². The van der Waals surface area contributed by atoms with Gasteiger partial charge >= 0.3 is 0 Å². The Balaban J connectivity index is 1.82. The summed E-state index contributed by atoms with van der Waals surface area (Å²) in [6.45, 7) is 0.360. The van der Waals surface area contributed by atoms with Crippen LogP contribution in [-0.2, 0) is 14.8 Å². The van der Waals surface area contributed by atoms with E-state index < -0.39 is 22.0 Å². The normalized spacial score (nSPS) is 21.8. The average molecular weight is 379 g/mol. The summed E-state index contributed by atoms with van der Waals surface area (Å²) < 4.78 is 27.5. The molecule has 1 heterocycles. The third kappa shape index (κ3) is 4.07. The van der Waals surface area contributed by atoms with E-state index in [1.807, 2.05) is 0 Å². The first-order chi connectivity index (χ1) is 12.4. The van der Waals surface area contributed by atoms with Gasteiger partial charge in [0, 0.05) is 30.6 Å². The van der Waals surface area contributed by atoms with E-state index in [-0.39, 0.29) is 23.3 Å².